The van der Waals surface area contributed by atoms with Crippen LogP contribution in [0.1, 0.15) is 10.5 Å². The molecule has 10 heteroatoms. The molecule has 160 valence electrons. The van der Waals surface area contributed by atoms with Crippen LogP contribution >= 0.6 is 0 Å². The van der Waals surface area contributed by atoms with Crippen LogP contribution in [0.2, 0.25) is 0 Å². The zero-order valence-electron chi connectivity index (χ0n) is 16.5. The maximum atomic E-state index is 11.9. The highest BCUT2D eigenvalue weighted by Crippen LogP contribution is 2.23. The van der Waals surface area contributed by atoms with Gasteiger partial charge in [-0.1, -0.05) is 0 Å². The molecule has 1 aromatic heterocycles. The van der Waals surface area contributed by atoms with Crippen LogP contribution in [0.5, 0.6) is 11.5 Å². The van der Waals surface area contributed by atoms with Crippen molar-refractivity contribution in [1.29, 1.82) is 0 Å². The van der Waals surface area contributed by atoms with E-state index in [1.54, 1.807) is 12.1 Å². The molecular formula is C20H25N5O5. The van der Waals surface area contributed by atoms with Crippen molar-refractivity contribution >= 4 is 23.3 Å². The fraction of sp³-hybridized carbons (Fsp3) is 0.350. The van der Waals surface area contributed by atoms with Crippen LogP contribution < -0.4 is 20.7 Å². The fourth-order valence-electron chi connectivity index (χ4n) is 3.12. The lowest BCUT2D eigenvalue weighted by Crippen LogP contribution is -2.47. The number of anilines is 2. The van der Waals surface area contributed by atoms with Gasteiger partial charge in [-0.05, 0) is 24.3 Å². The van der Waals surface area contributed by atoms with E-state index < -0.39 is 18.4 Å². The third-order valence-electron chi connectivity index (χ3n) is 4.76. The summed E-state index contributed by atoms with van der Waals surface area (Å²) < 4.78 is 5.73. The van der Waals surface area contributed by atoms with Gasteiger partial charge in [-0.25, -0.2) is 4.98 Å². The number of rotatable bonds is 8. The normalized spacial score (nSPS) is 14.3. The van der Waals surface area contributed by atoms with Crippen LogP contribution in [0.4, 0.5) is 11.4 Å². The standard InChI is InChI=1S/C20H25N5O5/c21-14-1-3-16(4-2-14)30-10-9-24-5-7-25(8-6-24)15-11-17(26)19(22-12-15)20(29)23-13-18(27)28/h1-4,11-12,26H,5-10,13,21H2,(H,23,29)(H,27,28). The molecule has 1 amide bonds. The molecule has 1 saturated heterocycles. The molecule has 0 unspecified atom stereocenters. The highest BCUT2D eigenvalue weighted by molar-refractivity contribution is 5.96. The topological polar surface area (TPSA) is 141 Å². The molecule has 30 heavy (non-hydrogen) atoms. The van der Waals surface area contributed by atoms with Gasteiger partial charge in [0, 0.05) is 44.5 Å². The van der Waals surface area contributed by atoms with Gasteiger partial charge < -0.3 is 30.9 Å². The lowest BCUT2D eigenvalue weighted by molar-refractivity contribution is -0.135. The van der Waals surface area contributed by atoms with Gasteiger partial charge in [-0.3, -0.25) is 14.5 Å². The molecule has 1 fully saturated rings. The van der Waals surface area contributed by atoms with Crippen LogP contribution in [0.25, 0.3) is 0 Å². The molecule has 1 aliphatic rings. The number of nitrogen functional groups attached to an aromatic ring is 1. The van der Waals surface area contributed by atoms with Gasteiger partial charge in [0.2, 0.25) is 0 Å². The van der Waals surface area contributed by atoms with Crippen molar-refractivity contribution in [2.75, 3.05) is 56.5 Å². The Balaban J connectivity index is 1.46. The lowest BCUT2D eigenvalue weighted by atomic mass is 10.2. The first-order valence-electron chi connectivity index (χ1n) is 9.57. The predicted molar refractivity (Wildman–Crippen MR) is 111 cm³/mol. The summed E-state index contributed by atoms with van der Waals surface area (Å²) >= 11 is 0. The number of carboxylic acid groups (broad SMARTS) is 1. The lowest BCUT2D eigenvalue weighted by Gasteiger charge is -2.35. The number of aromatic nitrogens is 1. The number of aliphatic carboxylic acids is 1. The predicted octanol–water partition coefficient (Wildman–Crippen LogP) is 0.385. The van der Waals surface area contributed by atoms with E-state index in [0.29, 0.717) is 18.0 Å². The summed E-state index contributed by atoms with van der Waals surface area (Å²) in [6.07, 6.45) is 1.51. The van der Waals surface area contributed by atoms with Gasteiger partial charge >= 0.3 is 5.97 Å². The van der Waals surface area contributed by atoms with Crippen LogP contribution in [0.15, 0.2) is 36.5 Å². The first kappa shape index (κ1) is 21.2. The van der Waals surface area contributed by atoms with Gasteiger partial charge in [0.1, 0.15) is 24.7 Å². The molecule has 10 nitrogen and oxygen atoms in total. The average Bonchev–Trinajstić information content (AvgIpc) is 2.74. The highest BCUT2D eigenvalue weighted by atomic mass is 16.5. The Morgan fingerprint density at radius 1 is 1.17 bits per heavy atom. The summed E-state index contributed by atoms with van der Waals surface area (Å²) in [6.45, 7) is 3.98. The van der Waals surface area contributed by atoms with Crippen molar-refractivity contribution in [3.8, 4) is 11.5 Å². The molecule has 2 aromatic rings. The summed E-state index contributed by atoms with van der Waals surface area (Å²) in [5.41, 5.74) is 6.87. The van der Waals surface area contributed by atoms with Crippen LogP contribution in [-0.2, 0) is 4.79 Å². The number of aromatic hydroxyl groups is 1. The summed E-state index contributed by atoms with van der Waals surface area (Å²) in [4.78, 5) is 30.8. The number of hydrogen-bond acceptors (Lipinski definition) is 8. The third-order valence-corrected chi connectivity index (χ3v) is 4.76. The van der Waals surface area contributed by atoms with Gasteiger partial charge in [-0.15, -0.1) is 0 Å². The van der Waals surface area contributed by atoms with Crippen molar-refractivity contribution in [3.05, 3.63) is 42.2 Å². The van der Waals surface area contributed by atoms with Crippen molar-refractivity contribution in [3.63, 3.8) is 0 Å². The molecule has 0 aliphatic carbocycles. The Labute approximate surface area is 173 Å². The molecule has 5 N–H and O–H groups in total. The molecule has 1 aliphatic heterocycles. The summed E-state index contributed by atoms with van der Waals surface area (Å²) in [7, 11) is 0. The largest absolute Gasteiger partial charge is 0.505 e. The second-order valence-electron chi connectivity index (χ2n) is 6.88. The van der Waals surface area contributed by atoms with E-state index in [-0.39, 0.29) is 11.4 Å². The number of ether oxygens (including phenoxy) is 1. The number of pyridine rings is 1. The number of piperazine rings is 1. The minimum absolute atomic E-state index is 0.196. The first-order chi connectivity index (χ1) is 14.4. The maximum Gasteiger partial charge on any atom is 0.322 e. The number of nitrogens with one attached hydrogen (secondary N) is 1. The monoisotopic (exact) mass is 415 g/mol. The Morgan fingerprint density at radius 3 is 2.50 bits per heavy atom. The number of nitrogens with zero attached hydrogens (tertiary/aromatic N) is 3. The van der Waals surface area contributed by atoms with E-state index in [9.17, 15) is 14.7 Å². The van der Waals surface area contributed by atoms with Gasteiger partial charge in [0.25, 0.3) is 5.91 Å². The minimum atomic E-state index is -1.17. The molecule has 3 rings (SSSR count). The zero-order chi connectivity index (χ0) is 21.5. The van der Waals surface area contributed by atoms with E-state index in [1.165, 1.54) is 12.3 Å². The fourth-order valence-corrected chi connectivity index (χ4v) is 3.12. The number of carboxylic acids is 1. The summed E-state index contributed by atoms with van der Waals surface area (Å²) in [6, 6.07) is 8.77. The second kappa shape index (κ2) is 9.79. The van der Waals surface area contributed by atoms with Gasteiger partial charge in [0.05, 0.1) is 11.9 Å². The zero-order valence-corrected chi connectivity index (χ0v) is 16.5. The number of benzene rings is 1. The van der Waals surface area contributed by atoms with E-state index >= 15 is 0 Å². The minimum Gasteiger partial charge on any atom is -0.505 e. The van der Waals surface area contributed by atoms with Crippen molar-refractivity contribution in [1.82, 2.24) is 15.2 Å². The van der Waals surface area contributed by atoms with Crippen molar-refractivity contribution in [2.45, 2.75) is 0 Å². The van der Waals surface area contributed by atoms with Crippen molar-refractivity contribution in [2.24, 2.45) is 0 Å². The van der Waals surface area contributed by atoms with E-state index in [0.717, 1.165) is 38.5 Å². The third kappa shape index (κ3) is 5.74. The maximum absolute atomic E-state index is 11.9. The van der Waals surface area contributed by atoms with Gasteiger partial charge in [0.15, 0.2) is 5.69 Å². The SMILES string of the molecule is Nc1ccc(OCCN2CCN(c3cnc(C(=O)NCC(=O)O)c(O)c3)CC2)cc1. The Hall–Kier alpha value is -3.53. The molecule has 0 bridgehead atoms. The Bertz CT molecular complexity index is 882. The number of nitrogens with two attached hydrogens (primary N) is 1. The van der Waals surface area contributed by atoms with Gasteiger partial charge in [-0.2, -0.15) is 0 Å². The van der Waals surface area contributed by atoms with E-state index in [4.69, 9.17) is 15.6 Å². The Kier molecular flexibility index (Phi) is 6.91. The first-order valence-corrected chi connectivity index (χ1v) is 9.57. The van der Waals surface area contributed by atoms with Crippen molar-refractivity contribution < 1.29 is 24.5 Å². The molecule has 0 saturated carbocycles. The quantitative estimate of drug-likeness (QED) is 0.450. The highest BCUT2D eigenvalue weighted by Gasteiger charge is 2.20. The molecular weight excluding hydrogens is 390 g/mol. The van der Waals surface area contributed by atoms with Crippen LogP contribution in [0, 0.1) is 0 Å². The smallest absolute Gasteiger partial charge is 0.322 e. The number of carbonyl (C=O) groups is 2. The summed E-state index contributed by atoms with van der Waals surface area (Å²) in [5.74, 6) is -1.39. The number of amides is 1. The average molecular weight is 415 g/mol. The number of carbonyl (C=O) groups excluding carboxylic acids is 1. The molecule has 2 heterocycles. The van der Waals surface area contributed by atoms with E-state index in [2.05, 4.69) is 20.1 Å². The van der Waals surface area contributed by atoms with E-state index in [1.807, 2.05) is 12.1 Å². The molecule has 0 radical (unpaired) electrons. The second-order valence-corrected chi connectivity index (χ2v) is 6.88. The number of hydrogen-bond donors (Lipinski definition) is 4. The molecule has 0 spiro atoms. The summed E-state index contributed by atoms with van der Waals surface area (Å²) in [5, 5.41) is 20.9. The molecule has 1 aromatic carbocycles. The van der Waals surface area contributed by atoms with Crippen LogP contribution in [-0.4, -0.2) is 77.8 Å². The van der Waals surface area contributed by atoms with Crippen LogP contribution in [0.3, 0.4) is 0 Å². The molecule has 0 atom stereocenters. The Morgan fingerprint density at radius 2 is 1.87 bits per heavy atom.